The van der Waals surface area contributed by atoms with Gasteiger partial charge in [-0.1, -0.05) is 17.1 Å². The zero-order valence-corrected chi connectivity index (χ0v) is 13.8. The van der Waals surface area contributed by atoms with Crippen LogP contribution in [0.2, 0.25) is 0 Å². The third kappa shape index (κ3) is 4.12. The molecule has 2 aromatic heterocycles. The fourth-order valence-electron chi connectivity index (χ4n) is 2.51. The molecule has 0 atom stereocenters. The van der Waals surface area contributed by atoms with E-state index < -0.39 is 0 Å². The zero-order chi connectivity index (χ0) is 17.6. The summed E-state index contributed by atoms with van der Waals surface area (Å²) < 4.78 is 5.05. The summed E-state index contributed by atoms with van der Waals surface area (Å²) in [6, 6.07) is 12.9. The maximum atomic E-state index is 12.9. The standard InChI is InChI=1S/C20H17N3O2/c1-3-16-5-4-6-19(12-16)23(14-17-7-9-21-10-8-17)20(24)13-18-11-15(2)25-22-18/h1,4-12H,13-14H2,2H3. The van der Waals surface area contributed by atoms with Gasteiger partial charge in [-0.15, -0.1) is 6.42 Å². The van der Waals surface area contributed by atoms with E-state index in [0.717, 1.165) is 16.8 Å². The average Bonchev–Trinajstić information content (AvgIpc) is 3.05. The van der Waals surface area contributed by atoms with Crippen molar-refractivity contribution in [3.8, 4) is 12.3 Å². The summed E-state index contributed by atoms with van der Waals surface area (Å²) in [7, 11) is 0. The lowest BCUT2D eigenvalue weighted by atomic mass is 10.1. The van der Waals surface area contributed by atoms with Crippen molar-refractivity contribution in [2.75, 3.05) is 4.90 Å². The van der Waals surface area contributed by atoms with Crippen molar-refractivity contribution in [2.24, 2.45) is 0 Å². The van der Waals surface area contributed by atoms with E-state index in [1.807, 2.05) is 36.4 Å². The molecular weight excluding hydrogens is 314 g/mol. The second kappa shape index (κ2) is 7.45. The molecule has 0 unspecified atom stereocenters. The number of pyridine rings is 1. The fraction of sp³-hybridized carbons (Fsp3) is 0.150. The van der Waals surface area contributed by atoms with Crippen molar-refractivity contribution < 1.29 is 9.32 Å². The molecular formula is C20H17N3O2. The van der Waals surface area contributed by atoms with Crippen molar-refractivity contribution in [1.29, 1.82) is 0 Å². The molecule has 2 heterocycles. The number of rotatable bonds is 5. The molecule has 0 radical (unpaired) electrons. The van der Waals surface area contributed by atoms with E-state index in [1.54, 1.807) is 30.3 Å². The summed E-state index contributed by atoms with van der Waals surface area (Å²) in [4.78, 5) is 18.6. The van der Waals surface area contributed by atoms with Crippen molar-refractivity contribution in [2.45, 2.75) is 19.9 Å². The summed E-state index contributed by atoms with van der Waals surface area (Å²) in [5, 5.41) is 3.91. The quantitative estimate of drug-likeness (QED) is 0.674. The Labute approximate surface area is 146 Å². The second-order valence-corrected chi connectivity index (χ2v) is 5.64. The maximum absolute atomic E-state index is 12.9. The Morgan fingerprint density at radius 2 is 2.04 bits per heavy atom. The lowest BCUT2D eigenvalue weighted by molar-refractivity contribution is -0.118. The van der Waals surface area contributed by atoms with Gasteiger partial charge in [0.05, 0.1) is 18.7 Å². The minimum atomic E-state index is -0.0840. The maximum Gasteiger partial charge on any atom is 0.233 e. The number of nitrogens with zero attached hydrogens (tertiary/aromatic N) is 3. The molecule has 124 valence electrons. The molecule has 0 N–H and O–H groups in total. The first kappa shape index (κ1) is 16.5. The van der Waals surface area contributed by atoms with E-state index in [0.29, 0.717) is 18.0 Å². The van der Waals surface area contributed by atoms with Crippen LogP contribution in [-0.4, -0.2) is 16.0 Å². The van der Waals surface area contributed by atoms with Gasteiger partial charge in [0.1, 0.15) is 5.76 Å². The van der Waals surface area contributed by atoms with Crippen LogP contribution in [0.15, 0.2) is 59.4 Å². The molecule has 5 nitrogen and oxygen atoms in total. The molecule has 0 aliphatic carbocycles. The summed E-state index contributed by atoms with van der Waals surface area (Å²) in [5.74, 6) is 3.20. The topological polar surface area (TPSA) is 59.2 Å². The van der Waals surface area contributed by atoms with Gasteiger partial charge in [0.15, 0.2) is 0 Å². The Hall–Kier alpha value is -3.39. The van der Waals surface area contributed by atoms with Crippen molar-refractivity contribution in [1.82, 2.24) is 10.1 Å². The highest BCUT2D eigenvalue weighted by molar-refractivity contribution is 5.94. The minimum absolute atomic E-state index is 0.0840. The number of terminal acetylenes is 1. The van der Waals surface area contributed by atoms with Crippen LogP contribution in [0.3, 0.4) is 0 Å². The third-order valence-corrected chi connectivity index (χ3v) is 3.72. The van der Waals surface area contributed by atoms with Crippen LogP contribution in [0.4, 0.5) is 5.69 Å². The van der Waals surface area contributed by atoms with Crippen molar-refractivity contribution >= 4 is 11.6 Å². The number of hydrogen-bond acceptors (Lipinski definition) is 4. The summed E-state index contributed by atoms with van der Waals surface area (Å²) in [5.41, 5.74) is 3.06. The second-order valence-electron chi connectivity index (χ2n) is 5.64. The van der Waals surface area contributed by atoms with E-state index in [9.17, 15) is 4.79 Å². The first-order chi connectivity index (χ1) is 12.2. The molecule has 0 aliphatic rings. The van der Waals surface area contributed by atoms with Gasteiger partial charge in [0.2, 0.25) is 5.91 Å². The number of aromatic nitrogens is 2. The molecule has 0 bridgehead atoms. The highest BCUT2D eigenvalue weighted by Crippen LogP contribution is 2.20. The molecule has 1 amide bonds. The molecule has 0 saturated heterocycles. The van der Waals surface area contributed by atoms with E-state index in [1.165, 1.54) is 0 Å². The van der Waals surface area contributed by atoms with Crippen molar-refractivity contribution in [3.05, 3.63) is 77.4 Å². The predicted octanol–water partition coefficient (Wildman–Crippen LogP) is 3.14. The molecule has 0 spiro atoms. The van der Waals surface area contributed by atoms with E-state index in [2.05, 4.69) is 16.1 Å². The van der Waals surface area contributed by atoms with E-state index in [-0.39, 0.29) is 12.3 Å². The Balaban J connectivity index is 1.90. The Kier molecular flexibility index (Phi) is 4.91. The van der Waals surface area contributed by atoms with Gasteiger partial charge < -0.3 is 9.42 Å². The lowest BCUT2D eigenvalue weighted by Crippen LogP contribution is -2.32. The Morgan fingerprint density at radius 3 is 2.72 bits per heavy atom. The summed E-state index contributed by atoms with van der Waals surface area (Å²) in [6.07, 6.45) is 9.06. The fourth-order valence-corrected chi connectivity index (χ4v) is 2.51. The van der Waals surface area contributed by atoms with Gasteiger partial charge in [-0.2, -0.15) is 0 Å². The first-order valence-corrected chi connectivity index (χ1v) is 7.84. The van der Waals surface area contributed by atoms with E-state index in [4.69, 9.17) is 10.9 Å². The number of aryl methyl sites for hydroxylation is 1. The van der Waals surface area contributed by atoms with Crippen LogP contribution in [-0.2, 0) is 17.8 Å². The molecule has 3 rings (SSSR count). The largest absolute Gasteiger partial charge is 0.361 e. The number of carbonyl (C=O) groups excluding carboxylic acids is 1. The summed E-state index contributed by atoms with van der Waals surface area (Å²) >= 11 is 0. The number of hydrogen-bond donors (Lipinski definition) is 0. The molecule has 0 saturated carbocycles. The summed E-state index contributed by atoms with van der Waals surface area (Å²) in [6.45, 7) is 2.22. The van der Waals surface area contributed by atoms with Crippen LogP contribution in [0.25, 0.3) is 0 Å². The smallest absolute Gasteiger partial charge is 0.233 e. The number of anilines is 1. The van der Waals surface area contributed by atoms with Crippen LogP contribution < -0.4 is 4.90 Å². The van der Waals surface area contributed by atoms with Crippen LogP contribution in [0.5, 0.6) is 0 Å². The predicted molar refractivity (Wildman–Crippen MR) is 94.7 cm³/mol. The van der Waals surface area contributed by atoms with Crippen molar-refractivity contribution in [3.63, 3.8) is 0 Å². The highest BCUT2D eigenvalue weighted by Gasteiger charge is 2.18. The number of carbonyl (C=O) groups is 1. The Morgan fingerprint density at radius 1 is 1.24 bits per heavy atom. The Bertz CT molecular complexity index is 910. The van der Waals surface area contributed by atoms with Gasteiger partial charge in [-0.25, -0.2) is 0 Å². The molecule has 0 aliphatic heterocycles. The molecule has 5 heteroatoms. The third-order valence-electron chi connectivity index (χ3n) is 3.72. The normalized spacial score (nSPS) is 10.2. The molecule has 0 fully saturated rings. The van der Waals surface area contributed by atoms with Gasteiger partial charge in [-0.3, -0.25) is 9.78 Å². The van der Waals surface area contributed by atoms with Gasteiger partial charge in [0, 0.05) is 29.7 Å². The number of benzene rings is 1. The van der Waals surface area contributed by atoms with E-state index >= 15 is 0 Å². The van der Waals surface area contributed by atoms with Crippen LogP contribution in [0.1, 0.15) is 22.6 Å². The molecule has 3 aromatic rings. The SMILES string of the molecule is C#Cc1cccc(N(Cc2ccncc2)C(=O)Cc2cc(C)on2)c1. The number of amides is 1. The zero-order valence-electron chi connectivity index (χ0n) is 13.8. The highest BCUT2D eigenvalue weighted by atomic mass is 16.5. The first-order valence-electron chi connectivity index (χ1n) is 7.84. The van der Waals surface area contributed by atoms with Crippen LogP contribution in [0, 0.1) is 19.3 Å². The van der Waals surface area contributed by atoms with Gasteiger partial charge in [-0.05, 0) is 42.8 Å². The lowest BCUT2D eigenvalue weighted by Gasteiger charge is -2.23. The molecule has 1 aromatic carbocycles. The molecule has 25 heavy (non-hydrogen) atoms. The minimum Gasteiger partial charge on any atom is -0.361 e. The van der Waals surface area contributed by atoms with Gasteiger partial charge in [0.25, 0.3) is 0 Å². The van der Waals surface area contributed by atoms with Gasteiger partial charge >= 0.3 is 0 Å². The monoisotopic (exact) mass is 331 g/mol. The average molecular weight is 331 g/mol. The van der Waals surface area contributed by atoms with Crippen LogP contribution >= 0.6 is 0 Å².